The van der Waals surface area contributed by atoms with Crippen LogP contribution in [-0.4, -0.2) is 23.9 Å². The highest BCUT2D eigenvalue weighted by atomic mass is 16.1. The van der Waals surface area contributed by atoms with Crippen LogP contribution in [0.15, 0.2) is 42.5 Å². The fourth-order valence-corrected chi connectivity index (χ4v) is 2.73. The average molecular weight is 293 g/mol. The van der Waals surface area contributed by atoms with Gasteiger partial charge in [-0.3, -0.25) is 9.59 Å². The second kappa shape index (κ2) is 5.56. The molecule has 3 rings (SSSR count). The van der Waals surface area contributed by atoms with Gasteiger partial charge in [-0.1, -0.05) is 36.4 Å². The maximum atomic E-state index is 12.8. The number of hydrogen-bond donors (Lipinski definition) is 1. The van der Waals surface area contributed by atoms with Crippen LogP contribution in [0.3, 0.4) is 0 Å². The fourth-order valence-electron chi connectivity index (χ4n) is 2.73. The van der Waals surface area contributed by atoms with Gasteiger partial charge in [-0.2, -0.15) is 0 Å². The molecule has 1 N–H and O–H groups in total. The Morgan fingerprint density at radius 1 is 0.955 bits per heavy atom. The molecule has 1 atom stereocenters. The van der Waals surface area contributed by atoms with Crippen molar-refractivity contribution in [3.8, 4) is 0 Å². The largest absolute Gasteiger partial charge is 0.382 e. The number of fused-ring (bicyclic) bond motifs is 2. The Kier molecular flexibility index (Phi) is 3.59. The van der Waals surface area contributed by atoms with Gasteiger partial charge in [-0.15, -0.1) is 0 Å². The van der Waals surface area contributed by atoms with E-state index in [0.29, 0.717) is 34.4 Å². The lowest BCUT2D eigenvalue weighted by Gasteiger charge is -2.22. The van der Waals surface area contributed by atoms with E-state index in [2.05, 4.69) is 5.32 Å². The quantitative estimate of drug-likeness (QED) is 0.751. The average Bonchev–Trinajstić information content (AvgIpc) is 2.53. The minimum atomic E-state index is -0.161. The number of aldehydes is 1. The first-order chi connectivity index (χ1) is 10.6. The van der Waals surface area contributed by atoms with Gasteiger partial charge in [-0.25, -0.2) is 0 Å². The van der Waals surface area contributed by atoms with Gasteiger partial charge in [0.25, 0.3) is 0 Å². The summed E-state index contributed by atoms with van der Waals surface area (Å²) in [7, 11) is 0. The number of ketones is 2. The van der Waals surface area contributed by atoms with Gasteiger partial charge in [0, 0.05) is 34.8 Å². The van der Waals surface area contributed by atoms with E-state index < -0.39 is 0 Å². The summed E-state index contributed by atoms with van der Waals surface area (Å²) in [6.45, 7) is 1.86. The maximum absolute atomic E-state index is 12.8. The zero-order valence-corrected chi connectivity index (χ0v) is 12.1. The van der Waals surface area contributed by atoms with Crippen molar-refractivity contribution in [2.75, 3.05) is 5.32 Å². The van der Waals surface area contributed by atoms with Gasteiger partial charge in [0.05, 0.1) is 5.56 Å². The summed E-state index contributed by atoms with van der Waals surface area (Å²) in [6, 6.07) is 11.9. The fraction of sp³-hybridized carbons (Fsp3) is 0.167. The molecule has 1 aliphatic rings. The van der Waals surface area contributed by atoms with Gasteiger partial charge >= 0.3 is 0 Å². The van der Waals surface area contributed by atoms with Crippen LogP contribution in [0.2, 0.25) is 0 Å². The number of anilines is 1. The molecule has 2 aromatic carbocycles. The Balaban J connectivity index is 2.11. The molecule has 0 saturated carbocycles. The molecule has 0 aliphatic heterocycles. The van der Waals surface area contributed by atoms with E-state index in [0.717, 1.165) is 6.29 Å². The second-order valence-electron chi connectivity index (χ2n) is 5.38. The van der Waals surface area contributed by atoms with Crippen LogP contribution in [0.25, 0.3) is 0 Å². The van der Waals surface area contributed by atoms with Crippen molar-refractivity contribution < 1.29 is 14.4 Å². The molecule has 0 spiro atoms. The molecule has 4 heteroatoms. The third-order valence-corrected chi connectivity index (χ3v) is 3.80. The van der Waals surface area contributed by atoms with E-state index in [-0.39, 0.29) is 17.6 Å². The molecule has 0 aromatic heterocycles. The van der Waals surface area contributed by atoms with Crippen molar-refractivity contribution in [3.05, 3.63) is 64.7 Å². The maximum Gasteiger partial charge on any atom is 0.196 e. The summed E-state index contributed by atoms with van der Waals surface area (Å²) in [6.07, 6.45) is 1.16. The Morgan fingerprint density at radius 2 is 1.59 bits per heavy atom. The van der Waals surface area contributed by atoms with E-state index >= 15 is 0 Å². The summed E-state index contributed by atoms with van der Waals surface area (Å²) in [5.41, 5.74) is 2.27. The predicted molar refractivity (Wildman–Crippen MR) is 83.5 cm³/mol. The summed E-state index contributed by atoms with van der Waals surface area (Å²) in [4.78, 5) is 35.9. The minimum Gasteiger partial charge on any atom is -0.382 e. The Morgan fingerprint density at radius 3 is 2.27 bits per heavy atom. The zero-order chi connectivity index (χ0) is 15.7. The molecule has 2 aromatic rings. The van der Waals surface area contributed by atoms with Crippen molar-refractivity contribution >= 4 is 23.5 Å². The van der Waals surface area contributed by atoms with Gasteiger partial charge in [-0.05, 0) is 13.0 Å². The van der Waals surface area contributed by atoms with Crippen LogP contribution in [0, 0.1) is 0 Å². The number of hydrogen-bond acceptors (Lipinski definition) is 4. The van der Waals surface area contributed by atoms with Gasteiger partial charge in [0.15, 0.2) is 11.6 Å². The van der Waals surface area contributed by atoms with Crippen molar-refractivity contribution in [1.29, 1.82) is 0 Å². The Labute approximate surface area is 128 Å². The topological polar surface area (TPSA) is 63.2 Å². The molecule has 1 aliphatic carbocycles. The molecule has 0 amide bonds. The molecular weight excluding hydrogens is 278 g/mol. The number of benzene rings is 2. The number of carbonyl (C=O) groups is 3. The lowest BCUT2D eigenvalue weighted by atomic mass is 9.83. The van der Waals surface area contributed by atoms with Crippen LogP contribution in [0.5, 0.6) is 0 Å². The molecule has 0 saturated heterocycles. The highest BCUT2D eigenvalue weighted by Crippen LogP contribution is 2.32. The lowest BCUT2D eigenvalue weighted by Crippen LogP contribution is -2.24. The van der Waals surface area contributed by atoms with Gasteiger partial charge < -0.3 is 10.1 Å². The van der Waals surface area contributed by atoms with Crippen LogP contribution in [0.4, 0.5) is 5.69 Å². The highest BCUT2D eigenvalue weighted by molar-refractivity contribution is 6.30. The molecular formula is C18H15NO3. The normalized spacial score (nSPS) is 14.0. The standard InChI is InChI=1S/C18H15NO3/c1-11(9-10-20)19-15-8-4-7-14-16(15)18(22)13-6-3-2-5-12(13)17(14)21/h2-8,10-11,19H,9H2,1H3. The predicted octanol–water partition coefficient (Wildman–Crippen LogP) is 2.85. The molecule has 0 radical (unpaired) electrons. The summed E-state index contributed by atoms with van der Waals surface area (Å²) < 4.78 is 0. The molecule has 110 valence electrons. The number of rotatable bonds is 4. The van der Waals surface area contributed by atoms with E-state index in [1.165, 1.54) is 0 Å². The summed E-state index contributed by atoms with van der Waals surface area (Å²) in [5.74, 6) is -0.302. The first-order valence-electron chi connectivity index (χ1n) is 7.15. The first kappa shape index (κ1) is 14.2. The zero-order valence-electron chi connectivity index (χ0n) is 12.1. The molecule has 22 heavy (non-hydrogen) atoms. The third-order valence-electron chi connectivity index (χ3n) is 3.80. The van der Waals surface area contributed by atoms with Gasteiger partial charge in [0.1, 0.15) is 6.29 Å². The molecule has 4 nitrogen and oxygen atoms in total. The monoisotopic (exact) mass is 293 g/mol. The molecule has 0 fully saturated rings. The summed E-state index contributed by atoms with van der Waals surface area (Å²) in [5, 5.41) is 3.15. The van der Waals surface area contributed by atoms with Gasteiger partial charge in [0.2, 0.25) is 0 Å². The Hall–Kier alpha value is -2.75. The van der Waals surface area contributed by atoms with E-state index in [9.17, 15) is 14.4 Å². The lowest BCUT2D eigenvalue weighted by molar-refractivity contribution is -0.107. The van der Waals surface area contributed by atoms with Crippen molar-refractivity contribution in [3.63, 3.8) is 0 Å². The highest BCUT2D eigenvalue weighted by Gasteiger charge is 2.31. The van der Waals surface area contributed by atoms with Crippen LogP contribution >= 0.6 is 0 Å². The van der Waals surface area contributed by atoms with Crippen molar-refractivity contribution in [2.45, 2.75) is 19.4 Å². The molecule has 0 bridgehead atoms. The first-order valence-corrected chi connectivity index (χ1v) is 7.15. The van der Waals surface area contributed by atoms with Crippen LogP contribution in [0.1, 0.15) is 45.2 Å². The van der Waals surface area contributed by atoms with Crippen LogP contribution in [-0.2, 0) is 4.79 Å². The Bertz CT molecular complexity index is 780. The second-order valence-corrected chi connectivity index (χ2v) is 5.38. The van der Waals surface area contributed by atoms with E-state index in [4.69, 9.17) is 0 Å². The summed E-state index contributed by atoms with van der Waals surface area (Å²) >= 11 is 0. The number of carbonyl (C=O) groups excluding carboxylic acids is 3. The van der Waals surface area contributed by atoms with E-state index in [1.54, 1.807) is 42.5 Å². The number of nitrogens with one attached hydrogen (secondary N) is 1. The SMILES string of the molecule is CC(CC=O)Nc1cccc2c1C(=O)c1ccccc1C2=O. The minimum absolute atomic E-state index is 0.107. The van der Waals surface area contributed by atoms with Crippen molar-refractivity contribution in [2.24, 2.45) is 0 Å². The van der Waals surface area contributed by atoms with E-state index in [1.807, 2.05) is 6.92 Å². The smallest absolute Gasteiger partial charge is 0.196 e. The molecule has 0 heterocycles. The third kappa shape index (κ3) is 2.22. The molecule has 1 unspecified atom stereocenters. The van der Waals surface area contributed by atoms with Crippen LogP contribution < -0.4 is 5.32 Å². The van der Waals surface area contributed by atoms with Crippen molar-refractivity contribution in [1.82, 2.24) is 0 Å².